The van der Waals surface area contributed by atoms with E-state index in [2.05, 4.69) is 10.3 Å². The summed E-state index contributed by atoms with van der Waals surface area (Å²) < 4.78 is 8.70. The lowest BCUT2D eigenvalue weighted by Gasteiger charge is -2.20. The molecule has 2 heterocycles. The SMILES string of the molecule is COc1cccc([C@H](NC(=O)Cn2c(=O)cc(C)c3ccccc32)c2nccn2C)c1. The zero-order valence-corrected chi connectivity index (χ0v) is 17.7. The number of rotatable bonds is 6. The van der Waals surface area contributed by atoms with Gasteiger partial charge in [0.2, 0.25) is 5.91 Å². The minimum atomic E-state index is -0.491. The molecule has 1 N–H and O–H groups in total. The van der Waals surface area contributed by atoms with E-state index < -0.39 is 6.04 Å². The summed E-state index contributed by atoms with van der Waals surface area (Å²) in [5.41, 5.74) is 2.25. The number of amides is 1. The van der Waals surface area contributed by atoms with Crippen LogP contribution < -0.4 is 15.6 Å². The van der Waals surface area contributed by atoms with Crippen molar-refractivity contribution in [2.45, 2.75) is 19.5 Å². The molecule has 0 saturated heterocycles. The Hall–Kier alpha value is -3.87. The van der Waals surface area contributed by atoms with Crippen molar-refractivity contribution in [3.63, 3.8) is 0 Å². The molecule has 4 aromatic rings. The van der Waals surface area contributed by atoms with Crippen molar-refractivity contribution in [1.29, 1.82) is 0 Å². The van der Waals surface area contributed by atoms with Gasteiger partial charge in [-0.15, -0.1) is 0 Å². The van der Waals surface area contributed by atoms with E-state index in [1.807, 2.05) is 73.3 Å². The number of carbonyl (C=O) groups excluding carboxylic acids is 1. The molecule has 2 aromatic heterocycles. The molecule has 0 saturated carbocycles. The molecule has 7 heteroatoms. The molecule has 158 valence electrons. The third-order valence-corrected chi connectivity index (χ3v) is 5.38. The predicted molar refractivity (Wildman–Crippen MR) is 119 cm³/mol. The van der Waals surface area contributed by atoms with Crippen LogP contribution in [0.5, 0.6) is 5.75 Å². The monoisotopic (exact) mass is 416 g/mol. The van der Waals surface area contributed by atoms with Crippen LogP contribution in [0.2, 0.25) is 0 Å². The van der Waals surface area contributed by atoms with Gasteiger partial charge in [0.05, 0.1) is 12.6 Å². The third kappa shape index (κ3) is 4.07. The summed E-state index contributed by atoms with van der Waals surface area (Å²) in [5, 5.41) is 3.99. The van der Waals surface area contributed by atoms with E-state index in [9.17, 15) is 9.59 Å². The van der Waals surface area contributed by atoms with Crippen LogP contribution in [0.15, 0.2) is 71.8 Å². The number of carbonyl (C=O) groups is 1. The van der Waals surface area contributed by atoms with E-state index in [0.29, 0.717) is 11.6 Å². The van der Waals surface area contributed by atoms with Gasteiger partial charge in [0.25, 0.3) is 5.56 Å². The van der Waals surface area contributed by atoms with Gasteiger partial charge in [-0.2, -0.15) is 0 Å². The Kier molecular flexibility index (Phi) is 5.58. The fourth-order valence-electron chi connectivity index (χ4n) is 3.79. The lowest BCUT2D eigenvalue weighted by molar-refractivity contribution is -0.122. The lowest BCUT2D eigenvalue weighted by Crippen LogP contribution is -2.36. The van der Waals surface area contributed by atoms with Crippen LogP contribution in [-0.4, -0.2) is 27.1 Å². The molecule has 0 spiro atoms. The summed E-state index contributed by atoms with van der Waals surface area (Å²) in [6.07, 6.45) is 3.51. The predicted octanol–water partition coefficient (Wildman–Crippen LogP) is 2.96. The highest BCUT2D eigenvalue weighted by atomic mass is 16.5. The quantitative estimate of drug-likeness (QED) is 0.524. The molecule has 0 aliphatic carbocycles. The van der Waals surface area contributed by atoms with E-state index in [0.717, 1.165) is 22.0 Å². The van der Waals surface area contributed by atoms with Crippen molar-refractivity contribution in [2.24, 2.45) is 7.05 Å². The van der Waals surface area contributed by atoms with E-state index in [1.165, 1.54) is 4.57 Å². The van der Waals surface area contributed by atoms with Gasteiger partial charge in [0.15, 0.2) is 0 Å². The Morgan fingerprint density at radius 2 is 1.97 bits per heavy atom. The molecule has 0 bridgehead atoms. The average molecular weight is 416 g/mol. The Balaban J connectivity index is 1.69. The van der Waals surface area contributed by atoms with Crippen LogP contribution in [0.25, 0.3) is 10.9 Å². The molecule has 7 nitrogen and oxygen atoms in total. The standard InChI is InChI=1S/C24H24N4O3/c1-16-13-22(30)28(20-10-5-4-9-19(16)20)15-21(29)26-23(24-25-11-12-27(24)2)17-7-6-8-18(14-17)31-3/h4-14,23H,15H2,1-3H3,(H,26,29)/t23-/m0/s1. The zero-order chi connectivity index (χ0) is 22.0. The van der Waals surface area contributed by atoms with E-state index in [1.54, 1.807) is 19.4 Å². The molecule has 0 aliphatic heterocycles. The number of pyridine rings is 1. The van der Waals surface area contributed by atoms with E-state index >= 15 is 0 Å². The second kappa shape index (κ2) is 8.47. The highest BCUT2D eigenvalue weighted by Crippen LogP contribution is 2.24. The molecule has 4 rings (SSSR count). The number of aryl methyl sites for hydroxylation is 2. The van der Waals surface area contributed by atoms with Gasteiger partial charge < -0.3 is 14.6 Å². The van der Waals surface area contributed by atoms with Gasteiger partial charge in [-0.25, -0.2) is 4.98 Å². The summed E-state index contributed by atoms with van der Waals surface area (Å²) >= 11 is 0. The molecule has 0 unspecified atom stereocenters. The van der Waals surface area contributed by atoms with Crippen molar-refractivity contribution in [1.82, 2.24) is 19.4 Å². The van der Waals surface area contributed by atoms with E-state index in [4.69, 9.17) is 4.74 Å². The number of benzene rings is 2. The van der Waals surface area contributed by atoms with Crippen LogP contribution >= 0.6 is 0 Å². The molecular formula is C24H24N4O3. The fourth-order valence-corrected chi connectivity index (χ4v) is 3.79. The van der Waals surface area contributed by atoms with Crippen molar-refractivity contribution >= 4 is 16.8 Å². The highest BCUT2D eigenvalue weighted by Gasteiger charge is 2.22. The lowest BCUT2D eigenvalue weighted by atomic mass is 10.1. The minimum absolute atomic E-state index is 0.0927. The van der Waals surface area contributed by atoms with Crippen LogP contribution in [0.1, 0.15) is 23.0 Å². The second-order valence-corrected chi connectivity index (χ2v) is 7.44. The van der Waals surface area contributed by atoms with Gasteiger partial charge in [0, 0.05) is 30.9 Å². The summed E-state index contributed by atoms with van der Waals surface area (Å²) in [4.78, 5) is 30.2. The van der Waals surface area contributed by atoms with Crippen molar-refractivity contribution in [3.8, 4) is 5.75 Å². The fraction of sp³-hybridized carbons (Fsp3) is 0.208. The minimum Gasteiger partial charge on any atom is -0.497 e. The number of nitrogens with zero attached hydrogens (tertiary/aromatic N) is 3. The number of imidazole rings is 1. The normalized spacial score (nSPS) is 12.0. The first-order chi connectivity index (χ1) is 15.0. The number of hydrogen-bond acceptors (Lipinski definition) is 4. The third-order valence-electron chi connectivity index (χ3n) is 5.38. The molecule has 31 heavy (non-hydrogen) atoms. The van der Waals surface area contributed by atoms with Gasteiger partial charge in [-0.05, 0) is 36.2 Å². The number of hydrogen-bond donors (Lipinski definition) is 1. The maximum absolute atomic E-state index is 13.1. The molecule has 1 amide bonds. The highest BCUT2D eigenvalue weighted by molar-refractivity contribution is 5.84. The second-order valence-electron chi connectivity index (χ2n) is 7.44. The van der Waals surface area contributed by atoms with Gasteiger partial charge in [-0.3, -0.25) is 14.2 Å². The molecule has 0 fully saturated rings. The molecule has 2 aromatic carbocycles. The van der Waals surface area contributed by atoms with Crippen LogP contribution in [0.4, 0.5) is 0 Å². The summed E-state index contributed by atoms with van der Waals surface area (Å²) in [6.45, 7) is 1.80. The molecule has 0 radical (unpaired) electrons. The summed E-state index contributed by atoms with van der Waals surface area (Å²) in [6, 6.07) is 16.2. The maximum atomic E-state index is 13.1. The molecule has 1 atom stereocenters. The van der Waals surface area contributed by atoms with Crippen LogP contribution in [0.3, 0.4) is 0 Å². The van der Waals surface area contributed by atoms with Crippen LogP contribution in [0, 0.1) is 6.92 Å². The maximum Gasteiger partial charge on any atom is 0.251 e. The van der Waals surface area contributed by atoms with Crippen molar-refractivity contribution < 1.29 is 9.53 Å². The largest absolute Gasteiger partial charge is 0.497 e. The van der Waals surface area contributed by atoms with Crippen LogP contribution in [-0.2, 0) is 18.4 Å². The first-order valence-electron chi connectivity index (χ1n) is 9.97. The van der Waals surface area contributed by atoms with Gasteiger partial charge >= 0.3 is 0 Å². The van der Waals surface area contributed by atoms with Gasteiger partial charge in [-0.1, -0.05) is 30.3 Å². The topological polar surface area (TPSA) is 78.2 Å². The molecular weight excluding hydrogens is 392 g/mol. The van der Waals surface area contributed by atoms with Crippen molar-refractivity contribution in [3.05, 3.63) is 94.3 Å². The van der Waals surface area contributed by atoms with Crippen molar-refractivity contribution in [2.75, 3.05) is 7.11 Å². The average Bonchev–Trinajstić information content (AvgIpc) is 3.20. The zero-order valence-electron chi connectivity index (χ0n) is 17.7. The number of nitrogens with one attached hydrogen (secondary N) is 1. The first-order valence-corrected chi connectivity index (χ1v) is 9.97. The Bertz CT molecular complexity index is 1310. The Morgan fingerprint density at radius 1 is 1.16 bits per heavy atom. The Labute approximate surface area is 179 Å². The number of fused-ring (bicyclic) bond motifs is 1. The number of aromatic nitrogens is 3. The summed E-state index contributed by atoms with van der Waals surface area (Å²) in [5.74, 6) is 1.08. The summed E-state index contributed by atoms with van der Waals surface area (Å²) in [7, 11) is 3.47. The van der Waals surface area contributed by atoms with E-state index in [-0.39, 0.29) is 18.0 Å². The first kappa shape index (κ1) is 20.4. The smallest absolute Gasteiger partial charge is 0.251 e. The van der Waals surface area contributed by atoms with Gasteiger partial charge in [0.1, 0.15) is 24.2 Å². The Morgan fingerprint density at radius 3 is 2.71 bits per heavy atom. The number of ether oxygens (including phenoxy) is 1. The number of methoxy groups -OCH3 is 1. The number of para-hydroxylation sites is 1. The molecule has 0 aliphatic rings.